The maximum Gasteiger partial charge on any atom is 0.274 e. The van der Waals surface area contributed by atoms with Gasteiger partial charge in [-0.2, -0.15) is 0 Å². The van der Waals surface area contributed by atoms with Gasteiger partial charge in [0.15, 0.2) is 0 Å². The van der Waals surface area contributed by atoms with Crippen LogP contribution in [0.25, 0.3) is 5.78 Å². The first-order chi connectivity index (χ1) is 10.7. The van der Waals surface area contributed by atoms with Crippen LogP contribution in [0.5, 0.6) is 0 Å². The Morgan fingerprint density at radius 2 is 2.27 bits per heavy atom. The summed E-state index contributed by atoms with van der Waals surface area (Å²) in [4.78, 5) is 34.7. The third kappa shape index (κ3) is 2.21. The van der Waals surface area contributed by atoms with Crippen LogP contribution < -0.4 is 5.32 Å². The van der Waals surface area contributed by atoms with E-state index in [2.05, 4.69) is 15.3 Å². The summed E-state index contributed by atoms with van der Waals surface area (Å²) < 4.78 is 7.17. The molecule has 1 N–H and O–H groups in total. The number of nitrogens with zero attached hydrogens (tertiary/aromatic N) is 4. The quantitative estimate of drug-likeness (QED) is 0.753. The van der Waals surface area contributed by atoms with Gasteiger partial charge in [-0.05, 0) is 6.07 Å². The minimum Gasteiger partial charge on any atom is -0.378 e. The zero-order valence-electron chi connectivity index (χ0n) is 11.8. The zero-order valence-corrected chi connectivity index (χ0v) is 11.8. The lowest BCUT2D eigenvalue weighted by Gasteiger charge is -2.26. The molecule has 2 atom stereocenters. The molecule has 8 nitrogen and oxygen atoms in total. The second-order valence-corrected chi connectivity index (χ2v) is 5.60. The first-order valence-corrected chi connectivity index (χ1v) is 7.18. The van der Waals surface area contributed by atoms with E-state index in [1.165, 1.54) is 0 Å². The summed E-state index contributed by atoms with van der Waals surface area (Å²) in [5.74, 6) is -0.0709. The minimum absolute atomic E-state index is 0.0468. The summed E-state index contributed by atoms with van der Waals surface area (Å²) >= 11 is 0. The molecule has 2 aliphatic rings. The van der Waals surface area contributed by atoms with Gasteiger partial charge < -0.3 is 15.0 Å². The highest BCUT2D eigenvalue weighted by molar-refractivity contribution is 5.93. The molecule has 4 heterocycles. The van der Waals surface area contributed by atoms with Crippen molar-refractivity contribution < 1.29 is 14.3 Å². The number of imidazole rings is 1. The van der Waals surface area contributed by atoms with Crippen molar-refractivity contribution in [3.63, 3.8) is 0 Å². The number of rotatable bonds is 1. The predicted molar refractivity (Wildman–Crippen MR) is 75.1 cm³/mol. The van der Waals surface area contributed by atoms with Gasteiger partial charge in [-0.15, -0.1) is 0 Å². The second-order valence-electron chi connectivity index (χ2n) is 5.60. The smallest absolute Gasteiger partial charge is 0.274 e. The lowest BCUT2D eigenvalue weighted by molar-refractivity contribution is -0.125. The van der Waals surface area contributed by atoms with Gasteiger partial charge >= 0.3 is 0 Å². The van der Waals surface area contributed by atoms with Crippen molar-refractivity contribution in [3.05, 3.63) is 30.4 Å². The van der Waals surface area contributed by atoms with Gasteiger partial charge in [-0.1, -0.05) is 0 Å². The van der Waals surface area contributed by atoms with Crippen LogP contribution in [0.1, 0.15) is 10.5 Å². The molecule has 4 rings (SSSR count). The predicted octanol–water partition coefficient (Wildman–Crippen LogP) is -0.684. The van der Waals surface area contributed by atoms with E-state index >= 15 is 0 Å². The second kappa shape index (κ2) is 5.06. The number of aromatic nitrogens is 3. The van der Waals surface area contributed by atoms with Gasteiger partial charge in [0.05, 0.1) is 25.2 Å². The number of fused-ring (bicyclic) bond motifs is 4. The van der Waals surface area contributed by atoms with Crippen LogP contribution in [0.4, 0.5) is 0 Å². The van der Waals surface area contributed by atoms with E-state index in [0.29, 0.717) is 37.8 Å². The molecule has 0 aliphatic carbocycles. The monoisotopic (exact) mass is 301 g/mol. The summed E-state index contributed by atoms with van der Waals surface area (Å²) in [5.41, 5.74) is 0.340. The van der Waals surface area contributed by atoms with Crippen LogP contribution >= 0.6 is 0 Å². The fraction of sp³-hybridized carbons (Fsp3) is 0.429. The molecule has 2 aromatic rings. The number of hydrogen-bond donors (Lipinski definition) is 1. The van der Waals surface area contributed by atoms with Crippen molar-refractivity contribution in [2.45, 2.75) is 6.04 Å². The molecule has 0 saturated carbocycles. The average molecular weight is 301 g/mol. The molecule has 2 amide bonds. The van der Waals surface area contributed by atoms with Crippen LogP contribution in [-0.2, 0) is 9.53 Å². The molecule has 0 unspecified atom stereocenters. The van der Waals surface area contributed by atoms with Crippen molar-refractivity contribution >= 4 is 17.6 Å². The van der Waals surface area contributed by atoms with Crippen molar-refractivity contribution in [2.75, 3.05) is 26.3 Å². The summed E-state index contributed by atoms with van der Waals surface area (Å²) in [6.45, 7) is 1.56. The first kappa shape index (κ1) is 13.2. The molecule has 2 saturated heterocycles. The number of nitrogens with one attached hydrogen (secondary N) is 1. The van der Waals surface area contributed by atoms with E-state index in [1.807, 2.05) is 0 Å². The van der Waals surface area contributed by atoms with Gasteiger partial charge in [0.25, 0.3) is 5.91 Å². The maximum atomic E-state index is 12.7. The fourth-order valence-corrected chi connectivity index (χ4v) is 2.89. The molecule has 0 aromatic carbocycles. The Kier molecular flexibility index (Phi) is 3.04. The standard InChI is InChI=1S/C14H15N5O3/c20-12-9-4-19(5-10(16-12)8-22-7-9)13(21)11-6-18-3-1-2-15-14(18)17-11/h1-3,6,9-10H,4-5,7-8H2,(H,16,20)/t9-,10+/m1/s1. The fourth-order valence-electron chi connectivity index (χ4n) is 2.89. The number of carbonyl (C=O) groups excluding carboxylic acids is 2. The molecule has 2 aromatic heterocycles. The maximum absolute atomic E-state index is 12.7. The molecular weight excluding hydrogens is 286 g/mol. The first-order valence-electron chi connectivity index (χ1n) is 7.18. The normalized spacial score (nSPS) is 24.9. The highest BCUT2D eigenvalue weighted by Gasteiger charge is 2.35. The van der Waals surface area contributed by atoms with E-state index in [-0.39, 0.29) is 23.8 Å². The SMILES string of the molecule is O=C1N[C@@H]2COC[C@H]1CN(C(=O)c1cn3cccnc3n1)C2. The van der Waals surface area contributed by atoms with Gasteiger partial charge in [0.2, 0.25) is 11.7 Å². The Bertz CT molecular complexity index is 710. The van der Waals surface area contributed by atoms with E-state index in [1.54, 1.807) is 34.0 Å². The highest BCUT2D eigenvalue weighted by Crippen LogP contribution is 2.16. The molecule has 8 heteroatoms. The van der Waals surface area contributed by atoms with Gasteiger partial charge in [-0.3, -0.25) is 14.0 Å². The van der Waals surface area contributed by atoms with Crippen LogP contribution in [-0.4, -0.2) is 63.4 Å². The van der Waals surface area contributed by atoms with Gasteiger partial charge in [0, 0.05) is 31.7 Å². The average Bonchev–Trinajstić information content (AvgIpc) is 2.77. The Morgan fingerprint density at radius 3 is 3.14 bits per heavy atom. The zero-order chi connectivity index (χ0) is 15.1. The van der Waals surface area contributed by atoms with Crippen LogP contribution in [0, 0.1) is 5.92 Å². The van der Waals surface area contributed by atoms with Gasteiger partial charge in [-0.25, -0.2) is 9.97 Å². The molecule has 2 bridgehead atoms. The molecule has 2 fully saturated rings. The van der Waals surface area contributed by atoms with Gasteiger partial charge in [0.1, 0.15) is 5.69 Å². The molecule has 2 aliphatic heterocycles. The Balaban J connectivity index is 1.63. The van der Waals surface area contributed by atoms with E-state index in [4.69, 9.17) is 4.74 Å². The molecule has 0 spiro atoms. The molecular formula is C14H15N5O3. The number of carbonyl (C=O) groups is 2. The highest BCUT2D eigenvalue weighted by atomic mass is 16.5. The van der Waals surface area contributed by atoms with Crippen molar-refractivity contribution in [3.8, 4) is 0 Å². The van der Waals surface area contributed by atoms with Crippen molar-refractivity contribution in [1.82, 2.24) is 24.6 Å². The van der Waals surface area contributed by atoms with E-state index < -0.39 is 0 Å². The largest absolute Gasteiger partial charge is 0.378 e. The van der Waals surface area contributed by atoms with E-state index in [9.17, 15) is 9.59 Å². The summed E-state index contributed by atoms with van der Waals surface area (Å²) in [5, 5.41) is 2.91. The number of hydrogen-bond acceptors (Lipinski definition) is 5. The Morgan fingerprint density at radius 1 is 1.36 bits per heavy atom. The van der Waals surface area contributed by atoms with Crippen molar-refractivity contribution in [1.29, 1.82) is 0 Å². The third-order valence-corrected chi connectivity index (χ3v) is 3.98. The number of ether oxygens (including phenoxy) is 1. The number of amides is 2. The molecule has 0 radical (unpaired) electrons. The van der Waals surface area contributed by atoms with Crippen LogP contribution in [0.3, 0.4) is 0 Å². The summed E-state index contributed by atoms with van der Waals surface area (Å²) in [7, 11) is 0. The minimum atomic E-state index is -0.327. The Labute approximate surface area is 126 Å². The molecule has 114 valence electrons. The summed E-state index contributed by atoms with van der Waals surface area (Å²) in [6.07, 6.45) is 5.09. The third-order valence-electron chi connectivity index (χ3n) is 3.98. The summed E-state index contributed by atoms with van der Waals surface area (Å²) in [6, 6.07) is 1.61. The topological polar surface area (TPSA) is 88.8 Å². The molecule has 22 heavy (non-hydrogen) atoms. The van der Waals surface area contributed by atoms with Crippen LogP contribution in [0.2, 0.25) is 0 Å². The Hall–Kier alpha value is -2.48. The lowest BCUT2D eigenvalue weighted by Crippen LogP contribution is -2.44. The van der Waals surface area contributed by atoms with Crippen LogP contribution in [0.15, 0.2) is 24.7 Å². The van der Waals surface area contributed by atoms with E-state index in [0.717, 1.165) is 0 Å². The lowest BCUT2D eigenvalue weighted by atomic mass is 10.1. The van der Waals surface area contributed by atoms with Crippen molar-refractivity contribution in [2.24, 2.45) is 5.92 Å².